The van der Waals surface area contributed by atoms with Crippen LogP contribution in [0, 0.1) is 6.92 Å². The van der Waals surface area contributed by atoms with Gasteiger partial charge >= 0.3 is 0 Å². The fourth-order valence-corrected chi connectivity index (χ4v) is 1.14. The number of benzene rings is 1. The van der Waals surface area contributed by atoms with Crippen molar-refractivity contribution < 1.29 is 0 Å². The van der Waals surface area contributed by atoms with Gasteiger partial charge in [0.05, 0.1) is 0 Å². The molecule has 3 heteroatoms. The van der Waals surface area contributed by atoms with Crippen LogP contribution in [0.4, 0.5) is 5.95 Å². The van der Waals surface area contributed by atoms with E-state index in [4.69, 9.17) is 0 Å². The van der Waals surface area contributed by atoms with Crippen molar-refractivity contribution in [3.8, 4) is 0 Å². The maximum Gasteiger partial charge on any atom is 0.249 e. The van der Waals surface area contributed by atoms with E-state index in [0.717, 1.165) is 5.56 Å². The van der Waals surface area contributed by atoms with Crippen LogP contribution in [0.5, 0.6) is 0 Å². The van der Waals surface area contributed by atoms with Crippen molar-refractivity contribution in [3.63, 3.8) is 0 Å². The molecule has 0 aliphatic heterocycles. The van der Waals surface area contributed by atoms with Gasteiger partial charge in [0.25, 0.3) is 0 Å². The smallest absolute Gasteiger partial charge is 0.220 e. The summed E-state index contributed by atoms with van der Waals surface area (Å²) in [4.78, 5) is 12.2. The number of aliphatic imine (C=N–C) groups is 1. The summed E-state index contributed by atoms with van der Waals surface area (Å²) in [6.07, 6.45) is 5.11. The highest BCUT2D eigenvalue weighted by molar-refractivity contribution is 5.81. The second-order valence-corrected chi connectivity index (χ2v) is 3.22. The van der Waals surface area contributed by atoms with Gasteiger partial charge in [0.2, 0.25) is 5.95 Å². The molecule has 0 aliphatic carbocycles. The monoisotopic (exact) mass is 197 g/mol. The third-order valence-electron chi connectivity index (χ3n) is 1.96. The number of rotatable bonds is 2. The first-order valence-corrected chi connectivity index (χ1v) is 4.72. The van der Waals surface area contributed by atoms with Crippen LogP contribution in [-0.2, 0) is 0 Å². The van der Waals surface area contributed by atoms with E-state index in [9.17, 15) is 0 Å². The molecular weight excluding hydrogens is 186 g/mol. The Bertz CT molecular complexity index is 446. The van der Waals surface area contributed by atoms with E-state index >= 15 is 0 Å². The minimum absolute atomic E-state index is 0.484. The standard InChI is InChI=1S/C12H11N3/c1-10-3-5-11(6-4-10)9-15-12-13-7-2-8-14-12/h2-9H,1H3/b15-9+. The van der Waals surface area contributed by atoms with Gasteiger partial charge in [-0.15, -0.1) is 0 Å². The quantitative estimate of drug-likeness (QED) is 0.694. The Kier molecular flexibility index (Phi) is 2.83. The van der Waals surface area contributed by atoms with Gasteiger partial charge in [-0.2, -0.15) is 0 Å². The molecule has 2 aromatic rings. The molecule has 2 rings (SSSR count). The molecule has 0 saturated carbocycles. The summed E-state index contributed by atoms with van der Waals surface area (Å²) in [5.74, 6) is 0.484. The van der Waals surface area contributed by atoms with Crippen molar-refractivity contribution in [3.05, 3.63) is 53.9 Å². The highest BCUT2D eigenvalue weighted by Crippen LogP contribution is 2.03. The molecule has 15 heavy (non-hydrogen) atoms. The van der Waals surface area contributed by atoms with Crippen molar-refractivity contribution in [1.82, 2.24) is 9.97 Å². The topological polar surface area (TPSA) is 38.1 Å². The van der Waals surface area contributed by atoms with Gasteiger partial charge in [0, 0.05) is 18.6 Å². The van der Waals surface area contributed by atoms with Crippen molar-refractivity contribution in [2.75, 3.05) is 0 Å². The van der Waals surface area contributed by atoms with E-state index < -0.39 is 0 Å². The molecule has 1 heterocycles. The lowest BCUT2D eigenvalue weighted by atomic mass is 10.2. The molecule has 0 unspecified atom stereocenters. The average Bonchev–Trinajstić information content (AvgIpc) is 2.30. The van der Waals surface area contributed by atoms with Gasteiger partial charge in [0.1, 0.15) is 0 Å². The molecule has 0 N–H and O–H groups in total. The molecule has 0 spiro atoms. The molecule has 0 saturated heterocycles. The second-order valence-electron chi connectivity index (χ2n) is 3.22. The third-order valence-corrected chi connectivity index (χ3v) is 1.96. The Morgan fingerprint density at radius 2 is 1.73 bits per heavy atom. The summed E-state index contributed by atoms with van der Waals surface area (Å²) in [6.45, 7) is 2.06. The molecule has 1 aromatic heterocycles. The summed E-state index contributed by atoms with van der Waals surface area (Å²) in [6, 6.07) is 9.90. The Morgan fingerprint density at radius 1 is 1.07 bits per heavy atom. The lowest BCUT2D eigenvalue weighted by Gasteiger charge is -1.93. The minimum Gasteiger partial charge on any atom is -0.220 e. The second kappa shape index (κ2) is 4.46. The van der Waals surface area contributed by atoms with Crippen LogP contribution < -0.4 is 0 Å². The minimum atomic E-state index is 0.484. The van der Waals surface area contributed by atoms with Crippen LogP contribution >= 0.6 is 0 Å². The van der Waals surface area contributed by atoms with Crippen molar-refractivity contribution >= 4 is 12.2 Å². The van der Waals surface area contributed by atoms with E-state index in [0.29, 0.717) is 5.95 Å². The van der Waals surface area contributed by atoms with Gasteiger partial charge in [-0.1, -0.05) is 29.8 Å². The molecule has 0 bridgehead atoms. The van der Waals surface area contributed by atoms with Gasteiger partial charge < -0.3 is 0 Å². The summed E-state index contributed by atoms with van der Waals surface area (Å²) >= 11 is 0. The normalized spacial score (nSPS) is 10.7. The number of hydrogen-bond acceptors (Lipinski definition) is 3. The Morgan fingerprint density at radius 3 is 2.40 bits per heavy atom. The van der Waals surface area contributed by atoms with E-state index in [1.807, 2.05) is 24.3 Å². The number of hydrogen-bond donors (Lipinski definition) is 0. The molecule has 0 atom stereocenters. The predicted octanol–water partition coefficient (Wildman–Crippen LogP) is 2.54. The first-order chi connectivity index (χ1) is 7.34. The zero-order valence-electron chi connectivity index (χ0n) is 8.46. The highest BCUT2D eigenvalue weighted by atomic mass is 15.0. The molecule has 3 nitrogen and oxygen atoms in total. The number of aryl methyl sites for hydroxylation is 1. The molecule has 0 radical (unpaired) electrons. The fraction of sp³-hybridized carbons (Fsp3) is 0.0833. The first-order valence-electron chi connectivity index (χ1n) is 4.72. The van der Waals surface area contributed by atoms with Crippen molar-refractivity contribution in [1.29, 1.82) is 0 Å². The third kappa shape index (κ3) is 2.71. The Labute approximate surface area is 88.6 Å². The van der Waals surface area contributed by atoms with Crippen molar-refractivity contribution in [2.24, 2.45) is 4.99 Å². The van der Waals surface area contributed by atoms with E-state index in [1.54, 1.807) is 24.7 Å². The SMILES string of the molecule is Cc1ccc(/C=N/c2ncccn2)cc1. The van der Waals surface area contributed by atoms with Crippen molar-refractivity contribution in [2.45, 2.75) is 6.92 Å². The fourth-order valence-electron chi connectivity index (χ4n) is 1.14. The number of aromatic nitrogens is 2. The van der Waals surface area contributed by atoms with Crippen LogP contribution in [0.3, 0.4) is 0 Å². The molecule has 0 amide bonds. The van der Waals surface area contributed by atoms with Gasteiger partial charge in [0.15, 0.2) is 0 Å². The molecule has 0 fully saturated rings. The zero-order valence-corrected chi connectivity index (χ0v) is 8.46. The maximum absolute atomic E-state index is 4.16. The average molecular weight is 197 g/mol. The molecule has 1 aromatic carbocycles. The molecule has 0 aliphatic rings. The summed E-state index contributed by atoms with van der Waals surface area (Å²) in [5, 5.41) is 0. The summed E-state index contributed by atoms with van der Waals surface area (Å²) in [7, 11) is 0. The van der Waals surface area contributed by atoms with Gasteiger partial charge in [-0.3, -0.25) is 0 Å². The van der Waals surface area contributed by atoms with E-state index in [1.165, 1.54) is 5.56 Å². The molecule has 74 valence electrons. The van der Waals surface area contributed by atoms with Crippen LogP contribution in [0.1, 0.15) is 11.1 Å². The summed E-state index contributed by atoms with van der Waals surface area (Å²) in [5.41, 5.74) is 2.29. The van der Waals surface area contributed by atoms with E-state index in [2.05, 4.69) is 21.9 Å². The Hall–Kier alpha value is -2.03. The molecular formula is C12H11N3. The zero-order chi connectivity index (χ0) is 10.5. The Balaban J connectivity index is 2.15. The first kappa shape index (κ1) is 9.52. The van der Waals surface area contributed by atoms with Crippen LogP contribution in [0.25, 0.3) is 0 Å². The van der Waals surface area contributed by atoms with Crippen LogP contribution in [0.15, 0.2) is 47.7 Å². The summed E-state index contributed by atoms with van der Waals surface area (Å²) < 4.78 is 0. The maximum atomic E-state index is 4.16. The highest BCUT2D eigenvalue weighted by Gasteiger charge is 1.89. The predicted molar refractivity (Wildman–Crippen MR) is 60.5 cm³/mol. The van der Waals surface area contributed by atoms with Crippen LogP contribution in [-0.4, -0.2) is 16.2 Å². The number of nitrogens with zero attached hydrogens (tertiary/aromatic N) is 3. The largest absolute Gasteiger partial charge is 0.249 e. The van der Waals surface area contributed by atoms with E-state index in [-0.39, 0.29) is 0 Å². The van der Waals surface area contributed by atoms with Crippen LogP contribution in [0.2, 0.25) is 0 Å². The van der Waals surface area contributed by atoms with Gasteiger partial charge in [-0.25, -0.2) is 15.0 Å². The van der Waals surface area contributed by atoms with Gasteiger partial charge in [-0.05, 0) is 18.6 Å². The lowest BCUT2D eigenvalue weighted by Crippen LogP contribution is -1.82. The lowest BCUT2D eigenvalue weighted by molar-refractivity contribution is 1.14.